The van der Waals surface area contributed by atoms with Crippen molar-refractivity contribution < 1.29 is 14.6 Å². The number of carboxylic acids is 1. The minimum absolute atomic E-state index is 0.354. The molecule has 5 heteroatoms. The van der Waals surface area contributed by atoms with Gasteiger partial charge in [0.1, 0.15) is 5.01 Å². The maximum atomic E-state index is 11.0. The molecule has 0 radical (unpaired) electrons. The van der Waals surface area contributed by atoms with Gasteiger partial charge in [-0.05, 0) is 19.1 Å². The zero-order valence-electron chi connectivity index (χ0n) is 8.71. The van der Waals surface area contributed by atoms with Crippen molar-refractivity contribution in [2.45, 2.75) is 13.0 Å². The van der Waals surface area contributed by atoms with Crippen molar-refractivity contribution in [1.82, 2.24) is 4.98 Å². The monoisotopic (exact) mass is 237 g/mol. The fourth-order valence-corrected chi connectivity index (χ4v) is 2.43. The normalized spacial score (nSPS) is 12.8. The lowest BCUT2D eigenvalue weighted by Gasteiger charge is -2.08. The number of aliphatic carboxylic acids is 1. The van der Waals surface area contributed by atoms with Crippen molar-refractivity contribution >= 4 is 27.5 Å². The Bertz CT molecular complexity index is 476. The van der Waals surface area contributed by atoms with Gasteiger partial charge >= 0.3 is 5.97 Å². The molecular formula is C11H11NO3S. The summed E-state index contributed by atoms with van der Waals surface area (Å²) < 4.78 is 6.14. The Morgan fingerprint density at radius 3 is 2.94 bits per heavy atom. The van der Waals surface area contributed by atoms with Crippen LogP contribution in [-0.2, 0) is 9.53 Å². The van der Waals surface area contributed by atoms with Crippen LogP contribution in [0.3, 0.4) is 0 Å². The summed E-state index contributed by atoms with van der Waals surface area (Å²) >= 11 is 1.36. The molecule has 0 spiro atoms. The van der Waals surface area contributed by atoms with Crippen LogP contribution in [0.4, 0.5) is 0 Å². The number of nitrogens with zero attached hydrogens (tertiary/aromatic N) is 1. The van der Waals surface area contributed by atoms with Gasteiger partial charge in [0.05, 0.1) is 10.2 Å². The van der Waals surface area contributed by atoms with Crippen LogP contribution >= 0.6 is 11.3 Å². The average molecular weight is 237 g/mol. The van der Waals surface area contributed by atoms with Crippen LogP contribution in [0.25, 0.3) is 10.2 Å². The molecule has 1 aromatic carbocycles. The van der Waals surface area contributed by atoms with Gasteiger partial charge in [-0.25, -0.2) is 9.78 Å². The Morgan fingerprint density at radius 2 is 2.31 bits per heavy atom. The smallest absolute Gasteiger partial charge is 0.340 e. The minimum atomic E-state index is -0.999. The lowest BCUT2D eigenvalue weighted by atomic mass is 10.3. The van der Waals surface area contributed by atoms with Gasteiger partial charge in [0.2, 0.25) is 6.10 Å². The highest BCUT2D eigenvalue weighted by Crippen LogP contribution is 2.28. The molecule has 84 valence electrons. The third kappa shape index (κ3) is 2.05. The summed E-state index contributed by atoms with van der Waals surface area (Å²) in [6.45, 7) is 2.12. The lowest BCUT2D eigenvalue weighted by molar-refractivity contribution is -0.150. The number of fused-ring (bicyclic) bond motifs is 1. The summed E-state index contributed by atoms with van der Waals surface area (Å²) in [7, 11) is 0. The largest absolute Gasteiger partial charge is 0.479 e. The summed E-state index contributed by atoms with van der Waals surface area (Å²) in [6.07, 6.45) is -0.956. The van der Waals surface area contributed by atoms with Gasteiger partial charge in [-0.2, -0.15) is 0 Å². The van der Waals surface area contributed by atoms with Gasteiger partial charge < -0.3 is 9.84 Å². The number of rotatable bonds is 4. The first-order valence-corrected chi connectivity index (χ1v) is 5.74. The first-order chi connectivity index (χ1) is 7.72. The molecule has 1 heterocycles. The summed E-state index contributed by atoms with van der Waals surface area (Å²) in [5.41, 5.74) is 0.813. The fourth-order valence-electron chi connectivity index (χ4n) is 1.42. The number of aromatic nitrogens is 1. The van der Waals surface area contributed by atoms with Crippen LogP contribution in [0, 0.1) is 0 Å². The molecule has 4 nitrogen and oxygen atoms in total. The van der Waals surface area contributed by atoms with Gasteiger partial charge in [0, 0.05) is 6.61 Å². The van der Waals surface area contributed by atoms with E-state index in [1.165, 1.54) is 11.3 Å². The SMILES string of the molecule is CCOC(C(=O)O)c1nc2ccccc2s1. The van der Waals surface area contributed by atoms with Gasteiger partial charge in [0.25, 0.3) is 0 Å². The summed E-state index contributed by atoms with van der Waals surface area (Å²) in [5, 5.41) is 9.52. The van der Waals surface area contributed by atoms with E-state index in [1.807, 2.05) is 24.3 Å². The fraction of sp³-hybridized carbons (Fsp3) is 0.273. The number of para-hydroxylation sites is 1. The van der Waals surface area contributed by atoms with E-state index in [2.05, 4.69) is 4.98 Å². The predicted octanol–water partition coefficient (Wildman–Crippen LogP) is 2.46. The van der Waals surface area contributed by atoms with Crippen LogP contribution in [0.2, 0.25) is 0 Å². The van der Waals surface area contributed by atoms with E-state index in [-0.39, 0.29) is 0 Å². The topological polar surface area (TPSA) is 59.4 Å². The van der Waals surface area contributed by atoms with Gasteiger partial charge in [0.15, 0.2) is 0 Å². The molecule has 1 N–H and O–H groups in total. The van der Waals surface area contributed by atoms with E-state index in [0.29, 0.717) is 11.6 Å². The van der Waals surface area contributed by atoms with E-state index in [4.69, 9.17) is 9.84 Å². The Labute approximate surface area is 96.5 Å². The molecule has 0 amide bonds. The van der Waals surface area contributed by atoms with Gasteiger partial charge in [-0.15, -0.1) is 11.3 Å². The van der Waals surface area contributed by atoms with Crippen molar-refractivity contribution in [3.63, 3.8) is 0 Å². The summed E-state index contributed by atoms with van der Waals surface area (Å²) in [6, 6.07) is 7.56. The zero-order chi connectivity index (χ0) is 11.5. The molecule has 1 atom stereocenters. The van der Waals surface area contributed by atoms with Crippen molar-refractivity contribution in [3.8, 4) is 0 Å². The van der Waals surface area contributed by atoms with Crippen molar-refractivity contribution in [1.29, 1.82) is 0 Å². The molecule has 0 saturated heterocycles. The number of hydrogen-bond acceptors (Lipinski definition) is 4. The molecule has 2 rings (SSSR count). The maximum absolute atomic E-state index is 11.0. The third-order valence-corrected chi connectivity index (χ3v) is 3.17. The number of ether oxygens (including phenoxy) is 1. The Hall–Kier alpha value is -1.46. The molecule has 0 aliphatic rings. The van der Waals surface area contributed by atoms with E-state index in [1.54, 1.807) is 6.92 Å². The van der Waals surface area contributed by atoms with Gasteiger partial charge in [-0.3, -0.25) is 0 Å². The summed E-state index contributed by atoms with van der Waals surface area (Å²) in [4.78, 5) is 15.3. The quantitative estimate of drug-likeness (QED) is 0.887. The second kappa shape index (κ2) is 4.59. The highest BCUT2D eigenvalue weighted by molar-refractivity contribution is 7.18. The number of hydrogen-bond donors (Lipinski definition) is 1. The molecule has 0 fully saturated rings. The van der Waals surface area contributed by atoms with Crippen molar-refractivity contribution in [2.24, 2.45) is 0 Å². The van der Waals surface area contributed by atoms with Crippen LogP contribution in [0.5, 0.6) is 0 Å². The average Bonchev–Trinajstić information content (AvgIpc) is 2.68. The second-order valence-corrected chi connectivity index (χ2v) is 4.26. The molecule has 0 saturated carbocycles. The molecule has 0 aliphatic carbocycles. The number of carboxylic acid groups (broad SMARTS) is 1. The van der Waals surface area contributed by atoms with Crippen LogP contribution in [0.1, 0.15) is 18.0 Å². The third-order valence-electron chi connectivity index (χ3n) is 2.09. The lowest BCUT2D eigenvalue weighted by Crippen LogP contribution is -2.14. The van der Waals surface area contributed by atoms with Crippen molar-refractivity contribution in [2.75, 3.05) is 6.61 Å². The summed E-state index contributed by atoms with van der Waals surface area (Å²) in [5.74, 6) is -0.999. The maximum Gasteiger partial charge on any atom is 0.340 e. The predicted molar refractivity (Wildman–Crippen MR) is 61.6 cm³/mol. The highest BCUT2D eigenvalue weighted by Gasteiger charge is 2.23. The van der Waals surface area contributed by atoms with E-state index in [9.17, 15) is 4.79 Å². The molecule has 16 heavy (non-hydrogen) atoms. The van der Waals surface area contributed by atoms with E-state index < -0.39 is 12.1 Å². The molecular weight excluding hydrogens is 226 g/mol. The molecule has 0 bridgehead atoms. The van der Waals surface area contributed by atoms with E-state index >= 15 is 0 Å². The number of carbonyl (C=O) groups is 1. The van der Waals surface area contributed by atoms with Crippen molar-refractivity contribution in [3.05, 3.63) is 29.3 Å². The number of benzene rings is 1. The molecule has 1 unspecified atom stereocenters. The first kappa shape index (κ1) is 11.0. The molecule has 1 aromatic heterocycles. The first-order valence-electron chi connectivity index (χ1n) is 4.92. The van der Waals surface area contributed by atoms with Gasteiger partial charge in [-0.1, -0.05) is 12.1 Å². The Kier molecular flexibility index (Phi) is 3.17. The number of thiazole rings is 1. The van der Waals surface area contributed by atoms with Crippen LogP contribution < -0.4 is 0 Å². The van der Waals surface area contributed by atoms with Crippen LogP contribution in [-0.4, -0.2) is 22.7 Å². The minimum Gasteiger partial charge on any atom is -0.479 e. The van der Waals surface area contributed by atoms with E-state index in [0.717, 1.165) is 10.2 Å². The highest BCUT2D eigenvalue weighted by atomic mass is 32.1. The van der Waals surface area contributed by atoms with Crippen LogP contribution in [0.15, 0.2) is 24.3 Å². The molecule has 2 aromatic rings. The second-order valence-electron chi connectivity index (χ2n) is 3.19. The zero-order valence-corrected chi connectivity index (χ0v) is 9.53. The molecule has 0 aliphatic heterocycles. The Balaban J connectivity index is 2.40. The standard InChI is InChI=1S/C11H11NO3S/c1-2-15-9(11(13)14)10-12-7-5-3-4-6-8(7)16-10/h3-6,9H,2H2,1H3,(H,13,14). The Morgan fingerprint density at radius 1 is 1.56 bits per heavy atom.